The van der Waals surface area contributed by atoms with Crippen LogP contribution >= 0.6 is 0 Å². The SMILES string of the molecule is CCc1ncncc1C(=O)N1CCC[C@@H](c2nc(C)no2)C1. The van der Waals surface area contributed by atoms with Crippen molar-refractivity contribution < 1.29 is 9.32 Å². The summed E-state index contributed by atoms with van der Waals surface area (Å²) in [5.74, 6) is 1.34. The number of aryl methyl sites for hydroxylation is 2. The van der Waals surface area contributed by atoms with Crippen molar-refractivity contribution in [1.82, 2.24) is 25.0 Å². The Morgan fingerprint density at radius 3 is 3.09 bits per heavy atom. The van der Waals surface area contributed by atoms with E-state index in [1.165, 1.54) is 6.33 Å². The van der Waals surface area contributed by atoms with Crippen molar-refractivity contribution in [3.05, 3.63) is 35.5 Å². The van der Waals surface area contributed by atoms with E-state index >= 15 is 0 Å². The molecule has 0 saturated carbocycles. The number of hydrogen-bond acceptors (Lipinski definition) is 6. The van der Waals surface area contributed by atoms with Crippen molar-refractivity contribution in [3.63, 3.8) is 0 Å². The van der Waals surface area contributed by atoms with Crippen molar-refractivity contribution in [2.75, 3.05) is 13.1 Å². The molecular formula is C15H19N5O2. The Labute approximate surface area is 128 Å². The number of piperidine rings is 1. The molecule has 1 amide bonds. The number of carbonyl (C=O) groups is 1. The van der Waals surface area contributed by atoms with E-state index in [-0.39, 0.29) is 11.8 Å². The number of likely N-dealkylation sites (tertiary alicyclic amines) is 1. The van der Waals surface area contributed by atoms with Crippen LogP contribution in [0.2, 0.25) is 0 Å². The third kappa shape index (κ3) is 2.84. The molecule has 1 fully saturated rings. The lowest BCUT2D eigenvalue weighted by molar-refractivity contribution is 0.0693. The summed E-state index contributed by atoms with van der Waals surface area (Å²) in [4.78, 5) is 27.1. The van der Waals surface area contributed by atoms with E-state index in [9.17, 15) is 4.79 Å². The van der Waals surface area contributed by atoms with Crippen LogP contribution < -0.4 is 0 Å². The third-order valence-electron chi connectivity index (χ3n) is 3.96. The Kier molecular flexibility index (Phi) is 4.13. The van der Waals surface area contributed by atoms with Gasteiger partial charge < -0.3 is 9.42 Å². The van der Waals surface area contributed by atoms with E-state index in [2.05, 4.69) is 20.1 Å². The van der Waals surface area contributed by atoms with Gasteiger partial charge in [0, 0.05) is 19.3 Å². The summed E-state index contributed by atoms with van der Waals surface area (Å²) in [5.41, 5.74) is 1.38. The molecule has 1 aliphatic rings. The average molecular weight is 301 g/mol. The van der Waals surface area contributed by atoms with Crippen LogP contribution in [0.3, 0.4) is 0 Å². The largest absolute Gasteiger partial charge is 0.339 e. The molecule has 1 atom stereocenters. The van der Waals surface area contributed by atoms with Gasteiger partial charge in [-0.1, -0.05) is 12.1 Å². The molecule has 0 aromatic carbocycles. The molecule has 2 aromatic rings. The quantitative estimate of drug-likeness (QED) is 0.858. The lowest BCUT2D eigenvalue weighted by Gasteiger charge is -2.31. The molecule has 0 aliphatic carbocycles. The Hall–Kier alpha value is -2.31. The van der Waals surface area contributed by atoms with Crippen molar-refractivity contribution >= 4 is 5.91 Å². The highest BCUT2D eigenvalue weighted by atomic mass is 16.5. The zero-order chi connectivity index (χ0) is 15.5. The van der Waals surface area contributed by atoms with Crippen molar-refractivity contribution in [2.24, 2.45) is 0 Å². The van der Waals surface area contributed by atoms with Gasteiger partial charge in [-0.2, -0.15) is 4.98 Å². The first-order chi connectivity index (χ1) is 10.7. The molecule has 3 heterocycles. The van der Waals surface area contributed by atoms with Gasteiger partial charge in [-0.15, -0.1) is 0 Å². The number of nitrogens with zero attached hydrogens (tertiary/aromatic N) is 5. The molecule has 3 rings (SSSR count). The van der Waals surface area contributed by atoms with E-state index in [0.717, 1.165) is 25.1 Å². The van der Waals surface area contributed by atoms with E-state index in [1.807, 2.05) is 11.8 Å². The van der Waals surface area contributed by atoms with Gasteiger partial charge >= 0.3 is 0 Å². The van der Waals surface area contributed by atoms with Crippen LogP contribution in [0.1, 0.15) is 53.5 Å². The summed E-state index contributed by atoms with van der Waals surface area (Å²) in [7, 11) is 0. The van der Waals surface area contributed by atoms with E-state index in [0.29, 0.717) is 30.2 Å². The minimum Gasteiger partial charge on any atom is -0.339 e. The minimum atomic E-state index is -0.0154. The summed E-state index contributed by atoms with van der Waals surface area (Å²) < 4.78 is 5.26. The fourth-order valence-corrected chi connectivity index (χ4v) is 2.83. The van der Waals surface area contributed by atoms with E-state index < -0.39 is 0 Å². The van der Waals surface area contributed by atoms with Gasteiger partial charge in [0.15, 0.2) is 5.82 Å². The van der Waals surface area contributed by atoms with Crippen LogP contribution in [0, 0.1) is 6.92 Å². The average Bonchev–Trinajstić information content (AvgIpc) is 3.01. The van der Waals surface area contributed by atoms with Gasteiger partial charge in [0.25, 0.3) is 5.91 Å². The molecule has 7 heteroatoms. The second kappa shape index (κ2) is 6.21. The molecular weight excluding hydrogens is 282 g/mol. The molecule has 7 nitrogen and oxygen atoms in total. The number of aromatic nitrogens is 4. The predicted octanol–water partition coefficient (Wildman–Crippen LogP) is 1.75. The zero-order valence-corrected chi connectivity index (χ0v) is 12.8. The van der Waals surface area contributed by atoms with E-state index in [1.54, 1.807) is 13.1 Å². The first-order valence-electron chi connectivity index (χ1n) is 7.57. The van der Waals surface area contributed by atoms with Crippen LogP contribution in [0.5, 0.6) is 0 Å². The molecule has 116 valence electrons. The number of hydrogen-bond donors (Lipinski definition) is 0. The fourth-order valence-electron chi connectivity index (χ4n) is 2.83. The zero-order valence-electron chi connectivity index (χ0n) is 12.8. The molecule has 2 aromatic heterocycles. The topological polar surface area (TPSA) is 85.0 Å². The van der Waals surface area contributed by atoms with Gasteiger partial charge in [-0.3, -0.25) is 4.79 Å². The van der Waals surface area contributed by atoms with Crippen LogP contribution in [0.25, 0.3) is 0 Å². The molecule has 1 saturated heterocycles. The van der Waals surface area contributed by atoms with Crippen LogP contribution in [0.4, 0.5) is 0 Å². The second-order valence-corrected chi connectivity index (χ2v) is 5.51. The summed E-state index contributed by atoms with van der Waals surface area (Å²) in [6.45, 7) is 5.12. The Bertz CT molecular complexity index is 669. The smallest absolute Gasteiger partial charge is 0.257 e. The Morgan fingerprint density at radius 2 is 2.36 bits per heavy atom. The van der Waals surface area contributed by atoms with Gasteiger partial charge in [-0.25, -0.2) is 9.97 Å². The van der Waals surface area contributed by atoms with Gasteiger partial charge in [0.1, 0.15) is 6.33 Å². The Morgan fingerprint density at radius 1 is 1.50 bits per heavy atom. The highest BCUT2D eigenvalue weighted by molar-refractivity contribution is 5.95. The maximum atomic E-state index is 12.7. The molecule has 22 heavy (non-hydrogen) atoms. The molecule has 0 radical (unpaired) electrons. The first-order valence-corrected chi connectivity index (χ1v) is 7.57. The fraction of sp³-hybridized carbons (Fsp3) is 0.533. The molecule has 0 unspecified atom stereocenters. The van der Waals surface area contributed by atoms with Gasteiger partial charge in [-0.05, 0) is 26.2 Å². The molecule has 0 bridgehead atoms. The maximum Gasteiger partial charge on any atom is 0.257 e. The molecule has 0 N–H and O–H groups in total. The second-order valence-electron chi connectivity index (χ2n) is 5.51. The van der Waals surface area contributed by atoms with Gasteiger partial charge in [0.05, 0.1) is 17.2 Å². The summed E-state index contributed by atoms with van der Waals surface area (Å²) in [6, 6.07) is 0. The van der Waals surface area contributed by atoms with Crippen LogP contribution in [0.15, 0.2) is 17.0 Å². The highest BCUT2D eigenvalue weighted by Crippen LogP contribution is 2.26. The maximum absolute atomic E-state index is 12.7. The van der Waals surface area contributed by atoms with Crippen molar-refractivity contribution in [3.8, 4) is 0 Å². The van der Waals surface area contributed by atoms with Crippen molar-refractivity contribution in [2.45, 2.75) is 39.0 Å². The highest BCUT2D eigenvalue weighted by Gasteiger charge is 2.29. The summed E-state index contributed by atoms with van der Waals surface area (Å²) in [5, 5.41) is 3.84. The van der Waals surface area contributed by atoms with E-state index in [4.69, 9.17) is 4.52 Å². The minimum absolute atomic E-state index is 0.0154. The monoisotopic (exact) mass is 301 g/mol. The van der Waals surface area contributed by atoms with Crippen LogP contribution in [-0.4, -0.2) is 44.0 Å². The van der Waals surface area contributed by atoms with Crippen LogP contribution in [-0.2, 0) is 6.42 Å². The number of rotatable bonds is 3. The third-order valence-corrected chi connectivity index (χ3v) is 3.96. The first kappa shape index (κ1) is 14.6. The lowest BCUT2D eigenvalue weighted by Crippen LogP contribution is -2.39. The van der Waals surface area contributed by atoms with Crippen molar-refractivity contribution in [1.29, 1.82) is 0 Å². The summed E-state index contributed by atoms with van der Waals surface area (Å²) >= 11 is 0. The lowest BCUT2D eigenvalue weighted by atomic mass is 9.97. The normalized spacial score (nSPS) is 18.5. The number of carbonyl (C=O) groups excluding carboxylic acids is 1. The standard InChI is InChI=1S/C15H19N5O2/c1-3-13-12(7-16-9-17-13)15(21)20-6-4-5-11(8-20)14-18-10(2)19-22-14/h7,9,11H,3-6,8H2,1-2H3/t11-/m1/s1. The summed E-state index contributed by atoms with van der Waals surface area (Å²) in [6.07, 6.45) is 5.68. The predicted molar refractivity (Wildman–Crippen MR) is 78.3 cm³/mol. The Balaban J connectivity index is 1.78. The number of amides is 1. The molecule has 1 aliphatic heterocycles. The molecule has 0 spiro atoms. The van der Waals surface area contributed by atoms with Gasteiger partial charge in [0.2, 0.25) is 5.89 Å².